The molecule has 0 saturated heterocycles. The molecule has 1 N–H and O–H groups in total. The van der Waals surface area contributed by atoms with Crippen LogP contribution in [0.5, 0.6) is 0 Å². The van der Waals surface area contributed by atoms with Crippen molar-refractivity contribution in [3.05, 3.63) is 25.3 Å². The Kier molecular flexibility index (Phi) is 4.57. The lowest BCUT2D eigenvalue weighted by atomic mass is 10.2. The standard InChI is InChI=1S/C8H10O/c1-3-5-6-7-8(9)4-2/h3-4,8-9H,1-2,7H2. The van der Waals surface area contributed by atoms with Gasteiger partial charge in [-0.2, -0.15) is 0 Å². The van der Waals surface area contributed by atoms with Crippen molar-refractivity contribution < 1.29 is 5.11 Å². The van der Waals surface area contributed by atoms with Gasteiger partial charge in [0, 0.05) is 6.42 Å². The monoisotopic (exact) mass is 122 g/mol. The fourth-order valence-electron chi connectivity index (χ4n) is 0.319. The minimum Gasteiger partial charge on any atom is -0.388 e. The molecule has 0 rings (SSSR count). The number of hydrogen-bond donors (Lipinski definition) is 1. The lowest BCUT2D eigenvalue weighted by molar-refractivity contribution is 0.230. The number of aliphatic hydroxyl groups is 1. The van der Waals surface area contributed by atoms with Crippen LogP contribution in [0.25, 0.3) is 0 Å². The lowest BCUT2D eigenvalue weighted by Crippen LogP contribution is -1.97. The fourth-order valence-corrected chi connectivity index (χ4v) is 0.319. The lowest BCUT2D eigenvalue weighted by Gasteiger charge is -1.93. The van der Waals surface area contributed by atoms with Crippen LogP contribution >= 0.6 is 0 Å². The first-order valence-electron chi connectivity index (χ1n) is 2.71. The third-order valence-electron chi connectivity index (χ3n) is 0.787. The number of hydrogen-bond acceptors (Lipinski definition) is 1. The van der Waals surface area contributed by atoms with E-state index in [-0.39, 0.29) is 0 Å². The minimum absolute atomic E-state index is 0.440. The molecule has 1 nitrogen and oxygen atoms in total. The molecule has 0 amide bonds. The topological polar surface area (TPSA) is 20.2 Å². The molecule has 1 unspecified atom stereocenters. The van der Waals surface area contributed by atoms with Crippen molar-refractivity contribution in [2.45, 2.75) is 12.5 Å². The van der Waals surface area contributed by atoms with Crippen molar-refractivity contribution in [2.24, 2.45) is 0 Å². The predicted molar refractivity (Wildman–Crippen MR) is 38.8 cm³/mol. The van der Waals surface area contributed by atoms with Crippen molar-refractivity contribution >= 4 is 0 Å². The van der Waals surface area contributed by atoms with E-state index in [1.54, 1.807) is 0 Å². The molecule has 9 heavy (non-hydrogen) atoms. The molecular formula is C8H10O. The molecule has 0 aromatic heterocycles. The van der Waals surface area contributed by atoms with Gasteiger partial charge in [-0.1, -0.05) is 24.5 Å². The van der Waals surface area contributed by atoms with Crippen LogP contribution in [0.1, 0.15) is 6.42 Å². The number of rotatable bonds is 2. The Balaban J connectivity index is 3.48. The molecule has 0 aliphatic heterocycles. The normalized spacial score (nSPS) is 10.8. The average Bonchev–Trinajstić information content (AvgIpc) is 1.89. The summed E-state index contributed by atoms with van der Waals surface area (Å²) in [4.78, 5) is 0. The second-order valence-corrected chi connectivity index (χ2v) is 1.53. The minimum atomic E-state index is -0.502. The van der Waals surface area contributed by atoms with Crippen molar-refractivity contribution in [3.63, 3.8) is 0 Å². The summed E-state index contributed by atoms with van der Waals surface area (Å²) in [5.74, 6) is 5.32. The molecule has 0 spiro atoms. The van der Waals surface area contributed by atoms with Crippen molar-refractivity contribution in [1.82, 2.24) is 0 Å². The van der Waals surface area contributed by atoms with E-state index in [1.165, 1.54) is 12.2 Å². The average molecular weight is 122 g/mol. The van der Waals surface area contributed by atoms with E-state index in [1.807, 2.05) is 0 Å². The first-order valence-corrected chi connectivity index (χ1v) is 2.71. The summed E-state index contributed by atoms with van der Waals surface area (Å²) >= 11 is 0. The van der Waals surface area contributed by atoms with Gasteiger partial charge >= 0.3 is 0 Å². The van der Waals surface area contributed by atoms with Crippen LogP contribution < -0.4 is 0 Å². The van der Waals surface area contributed by atoms with Crippen LogP contribution in [-0.4, -0.2) is 11.2 Å². The molecule has 0 aliphatic carbocycles. The summed E-state index contributed by atoms with van der Waals surface area (Å²) < 4.78 is 0. The highest BCUT2D eigenvalue weighted by molar-refractivity contribution is 5.13. The predicted octanol–water partition coefficient (Wildman–Crippen LogP) is 1.11. The van der Waals surface area contributed by atoms with E-state index in [4.69, 9.17) is 5.11 Å². The zero-order valence-corrected chi connectivity index (χ0v) is 5.30. The largest absolute Gasteiger partial charge is 0.388 e. The molecule has 0 saturated carbocycles. The zero-order valence-electron chi connectivity index (χ0n) is 5.30. The van der Waals surface area contributed by atoms with Crippen LogP contribution in [0, 0.1) is 11.8 Å². The molecular weight excluding hydrogens is 112 g/mol. The maximum absolute atomic E-state index is 8.83. The van der Waals surface area contributed by atoms with Gasteiger partial charge in [0.1, 0.15) is 0 Å². The SMILES string of the molecule is C=CC#CCC(O)C=C. The smallest absolute Gasteiger partial charge is 0.0827 e. The Morgan fingerprint density at radius 2 is 2.22 bits per heavy atom. The second-order valence-electron chi connectivity index (χ2n) is 1.53. The Hall–Kier alpha value is -1.00. The van der Waals surface area contributed by atoms with Crippen LogP contribution in [0.4, 0.5) is 0 Å². The summed E-state index contributed by atoms with van der Waals surface area (Å²) in [7, 11) is 0. The van der Waals surface area contributed by atoms with Gasteiger partial charge in [-0.15, -0.1) is 6.58 Å². The highest BCUT2D eigenvalue weighted by atomic mass is 16.3. The molecule has 0 bridgehead atoms. The summed E-state index contributed by atoms with van der Waals surface area (Å²) in [5.41, 5.74) is 0. The van der Waals surface area contributed by atoms with Crippen LogP contribution in [-0.2, 0) is 0 Å². The van der Waals surface area contributed by atoms with E-state index < -0.39 is 6.10 Å². The third kappa shape index (κ3) is 4.86. The van der Waals surface area contributed by atoms with Gasteiger partial charge in [-0.05, 0) is 6.08 Å². The van der Waals surface area contributed by atoms with E-state index in [2.05, 4.69) is 25.0 Å². The summed E-state index contributed by atoms with van der Waals surface area (Å²) in [6.45, 7) is 6.80. The first-order chi connectivity index (χ1) is 4.31. The maximum atomic E-state index is 8.83. The van der Waals surface area contributed by atoms with E-state index in [0.717, 1.165) is 0 Å². The maximum Gasteiger partial charge on any atom is 0.0827 e. The fraction of sp³-hybridized carbons (Fsp3) is 0.250. The number of allylic oxidation sites excluding steroid dienone is 1. The van der Waals surface area contributed by atoms with Crippen molar-refractivity contribution in [3.8, 4) is 11.8 Å². The van der Waals surface area contributed by atoms with Crippen LogP contribution in [0.3, 0.4) is 0 Å². The molecule has 48 valence electrons. The number of aliphatic hydroxyl groups excluding tert-OH is 1. The quantitative estimate of drug-likeness (QED) is 0.429. The van der Waals surface area contributed by atoms with E-state index >= 15 is 0 Å². The van der Waals surface area contributed by atoms with Gasteiger partial charge < -0.3 is 5.11 Å². The van der Waals surface area contributed by atoms with E-state index in [9.17, 15) is 0 Å². The second kappa shape index (κ2) is 5.14. The molecule has 0 aromatic carbocycles. The van der Waals surface area contributed by atoms with Crippen LogP contribution in [0.2, 0.25) is 0 Å². The third-order valence-corrected chi connectivity index (χ3v) is 0.787. The summed E-state index contributed by atoms with van der Waals surface area (Å²) in [5, 5.41) is 8.83. The van der Waals surface area contributed by atoms with Gasteiger partial charge in [0.15, 0.2) is 0 Å². The molecule has 1 heteroatoms. The van der Waals surface area contributed by atoms with Crippen molar-refractivity contribution in [1.29, 1.82) is 0 Å². The summed E-state index contributed by atoms with van der Waals surface area (Å²) in [6, 6.07) is 0. The van der Waals surface area contributed by atoms with Crippen molar-refractivity contribution in [2.75, 3.05) is 0 Å². The highest BCUT2D eigenvalue weighted by Crippen LogP contribution is 1.88. The van der Waals surface area contributed by atoms with Gasteiger partial charge in [-0.3, -0.25) is 0 Å². The van der Waals surface area contributed by atoms with Gasteiger partial charge in [0.25, 0.3) is 0 Å². The molecule has 0 aromatic rings. The van der Waals surface area contributed by atoms with E-state index in [0.29, 0.717) is 6.42 Å². The molecule has 1 atom stereocenters. The van der Waals surface area contributed by atoms with Crippen LogP contribution in [0.15, 0.2) is 25.3 Å². The molecule has 0 heterocycles. The molecule has 0 radical (unpaired) electrons. The summed E-state index contributed by atoms with van der Waals surface area (Å²) in [6.07, 6.45) is 2.89. The van der Waals surface area contributed by atoms with Gasteiger partial charge in [0.05, 0.1) is 6.10 Å². The molecule has 0 aliphatic rings. The van der Waals surface area contributed by atoms with Gasteiger partial charge in [-0.25, -0.2) is 0 Å². The first kappa shape index (κ1) is 8.00. The highest BCUT2D eigenvalue weighted by Gasteiger charge is 1.89. The Bertz CT molecular complexity index is 148. The Morgan fingerprint density at radius 3 is 2.67 bits per heavy atom. The molecule has 0 fully saturated rings. The zero-order chi connectivity index (χ0) is 7.11. The van der Waals surface area contributed by atoms with Gasteiger partial charge in [0.2, 0.25) is 0 Å². The Labute approximate surface area is 55.7 Å². The Morgan fingerprint density at radius 1 is 1.56 bits per heavy atom.